The van der Waals surface area contributed by atoms with E-state index >= 15 is 0 Å². The van der Waals surface area contributed by atoms with Gasteiger partial charge in [0.25, 0.3) is 11.2 Å². The zero-order valence-corrected chi connectivity index (χ0v) is 15.7. The first-order valence-electron chi connectivity index (χ1n) is 7.78. The third kappa shape index (κ3) is 4.33. The predicted molar refractivity (Wildman–Crippen MR) is 102 cm³/mol. The average molecular weight is 409 g/mol. The number of aromatic amines is 1. The lowest BCUT2D eigenvalue weighted by Gasteiger charge is -2.15. The summed E-state index contributed by atoms with van der Waals surface area (Å²) in [7, 11) is 2.69. The molecule has 0 spiro atoms. The summed E-state index contributed by atoms with van der Waals surface area (Å²) in [6.07, 6.45) is 1.76. The molecule has 2 aromatic rings. The molecule has 0 fully saturated rings. The van der Waals surface area contributed by atoms with E-state index in [1.807, 2.05) is 0 Å². The molecule has 0 bridgehead atoms. The molecule has 0 saturated heterocycles. The zero-order chi connectivity index (χ0) is 19.6. The Hall–Kier alpha value is -2.34. The van der Waals surface area contributed by atoms with Gasteiger partial charge in [-0.15, -0.1) is 0 Å². The number of benzene rings is 1. The van der Waals surface area contributed by atoms with Crippen molar-refractivity contribution in [3.05, 3.63) is 78.0 Å². The number of nitrogens with zero attached hydrogens (tertiary/aromatic N) is 2. The molecule has 3 rings (SSSR count). The number of aliphatic hydroxyl groups is 1. The van der Waals surface area contributed by atoms with Crippen LogP contribution in [0, 0.1) is 17.0 Å². The number of aromatic nitrogens is 2. The molecule has 1 aliphatic heterocycles. The molecule has 2 atom stereocenters. The van der Waals surface area contributed by atoms with Crippen molar-refractivity contribution < 1.29 is 14.8 Å². The lowest BCUT2D eigenvalue weighted by molar-refractivity contribution is -0.384. The average Bonchev–Trinajstić information content (AvgIpc) is 3.06. The summed E-state index contributed by atoms with van der Waals surface area (Å²) < 4.78 is 6.95. The van der Waals surface area contributed by atoms with Crippen molar-refractivity contribution in [2.75, 3.05) is 6.61 Å². The topological polar surface area (TPSA) is 127 Å². The van der Waals surface area contributed by atoms with E-state index in [-0.39, 0.29) is 12.3 Å². The maximum absolute atomic E-state index is 12.0. The van der Waals surface area contributed by atoms with Crippen molar-refractivity contribution in [1.82, 2.24) is 9.55 Å². The van der Waals surface area contributed by atoms with Gasteiger partial charge in [0.2, 0.25) is 0 Å². The third-order valence-electron chi connectivity index (χ3n) is 3.80. The second-order valence-corrected chi connectivity index (χ2v) is 7.94. The number of non-ortho nitro benzene ring substituents is 1. The van der Waals surface area contributed by atoms with Crippen molar-refractivity contribution in [2.24, 2.45) is 0 Å². The summed E-state index contributed by atoms with van der Waals surface area (Å²) in [5.41, 5.74) is -0.680. The number of H-pyrrole nitrogens is 1. The zero-order valence-electron chi connectivity index (χ0n) is 14.0. The van der Waals surface area contributed by atoms with E-state index < -0.39 is 28.5 Å². The summed E-state index contributed by atoms with van der Waals surface area (Å²) in [5, 5.41) is 20.2. The van der Waals surface area contributed by atoms with Crippen molar-refractivity contribution in [2.45, 2.75) is 24.2 Å². The maximum atomic E-state index is 12.0. The van der Waals surface area contributed by atoms with Crippen LogP contribution in [0.5, 0.6) is 0 Å². The Morgan fingerprint density at radius 3 is 2.63 bits per heavy atom. The minimum absolute atomic E-state index is 0.00822. The van der Waals surface area contributed by atoms with Crippen LogP contribution < -0.4 is 11.2 Å². The molecule has 11 heteroatoms. The van der Waals surface area contributed by atoms with Gasteiger partial charge in [0, 0.05) is 33.7 Å². The number of aryl methyl sites for hydroxylation is 1. The highest BCUT2D eigenvalue weighted by atomic mass is 33.1. The Balaban J connectivity index is 1.77. The van der Waals surface area contributed by atoms with Gasteiger partial charge < -0.3 is 9.84 Å². The molecule has 0 radical (unpaired) electrons. The molecule has 9 nitrogen and oxygen atoms in total. The second kappa shape index (κ2) is 8.13. The fraction of sp³-hybridized carbons (Fsp3) is 0.250. The van der Waals surface area contributed by atoms with Gasteiger partial charge in [-0.1, -0.05) is 21.6 Å². The Labute approximate surface area is 160 Å². The predicted octanol–water partition coefficient (Wildman–Crippen LogP) is 1.97. The van der Waals surface area contributed by atoms with Crippen molar-refractivity contribution >= 4 is 27.3 Å². The first kappa shape index (κ1) is 19.4. The largest absolute Gasteiger partial charge is 0.393 e. The lowest BCUT2D eigenvalue weighted by atomic mass is 10.3. The van der Waals surface area contributed by atoms with Crippen LogP contribution in [-0.2, 0) is 4.74 Å². The van der Waals surface area contributed by atoms with E-state index in [9.17, 15) is 24.8 Å². The summed E-state index contributed by atoms with van der Waals surface area (Å²) >= 11 is 0. The molecule has 142 valence electrons. The second-order valence-electron chi connectivity index (χ2n) is 5.66. The van der Waals surface area contributed by atoms with E-state index in [0.29, 0.717) is 10.5 Å². The van der Waals surface area contributed by atoms with Gasteiger partial charge in [-0.2, -0.15) is 0 Å². The number of aliphatic hydroxyl groups excluding tert-OH is 1. The van der Waals surface area contributed by atoms with Crippen LogP contribution in [0.15, 0.2) is 55.9 Å². The van der Waals surface area contributed by atoms with E-state index in [1.54, 1.807) is 25.1 Å². The summed E-state index contributed by atoms with van der Waals surface area (Å²) in [6, 6.07) is 6.09. The van der Waals surface area contributed by atoms with Crippen LogP contribution in [0.3, 0.4) is 0 Å². The van der Waals surface area contributed by atoms with Gasteiger partial charge in [0.15, 0.2) is 6.23 Å². The SMILES string of the molecule is Cc1cn([C@H]2C=C(SSc3ccc([N+](=O)[O-])cc3)[C@@H](CO)O2)c(=O)[nH]c1=O. The number of rotatable bonds is 6. The van der Waals surface area contributed by atoms with Crippen molar-refractivity contribution in [3.63, 3.8) is 0 Å². The number of nitro benzene ring substituents is 1. The monoisotopic (exact) mass is 409 g/mol. The van der Waals surface area contributed by atoms with Crippen molar-refractivity contribution in [1.29, 1.82) is 0 Å². The molecule has 1 aromatic carbocycles. The molecular weight excluding hydrogens is 394 g/mol. The quantitative estimate of drug-likeness (QED) is 0.421. The molecule has 0 amide bonds. The van der Waals surface area contributed by atoms with Crippen LogP contribution >= 0.6 is 21.6 Å². The molecule has 27 heavy (non-hydrogen) atoms. The number of ether oxygens (including phenoxy) is 1. The molecule has 2 heterocycles. The number of hydrogen-bond acceptors (Lipinski definition) is 8. The van der Waals surface area contributed by atoms with Gasteiger partial charge in [-0.3, -0.25) is 24.5 Å². The Morgan fingerprint density at radius 1 is 1.30 bits per heavy atom. The van der Waals surface area contributed by atoms with Crippen LogP contribution in [0.2, 0.25) is 0 Å². The summed E-state index contributed by atoms with van der Waals surface area (Å²) in [4.78, 5) is 37.5. The molecule has 1 aromatic heterocycles. The molecule has 0 aliphatic carbocycles. The van der Waals surface area contributed by atoms with Crippen LogP contribution in [0.1, 0.15) is 11.8 Å². The Morgan fingerprint density at radius 2 is 2.00 bits per heavy atom. The lowest BCUT2D eigenvalue weighted by Crippen LogP contribution is -2.33. The highest BCUT2D eigenvalue weighted by Gasteiger charge is 2.29. The number of nitrogens with one attached hydrogen (secondary N) is 1. The van der Waals surface area contributed by atoms with E-state index in [2.05, 4.69) is 4.98 Å². The van der Waals surface area contributed by atoms with Crippen molar-refractivity contribution in [3.8, 4) is 0 Å². The first-order chi connectivity index (χ1) is 12.9. The Bertz CT molecular complexity index is 998. The fourth-order valence-electron chi connectivity index (χ4n) is 2.38. The summed E-state index contributed by atoms with van der Waals surface area (Å²) in [6.45, 7) is 1.31. The Kier molecular flexibility index (Phi) is 5.85. The number of hydrogen-bond donors (Lipinski definition) is 2. The normalized spacial score (nSPS) is 19.1. The van der Waals surface area contributed by atoms with Crippen LogP contribution in [-0.4, -0.2) is 32.3 Å². The third-order valence-corrected chi connectivity index (χ3v) is 6.34. The van der Waals surface area contributed by atoms with E-state index in [4.69, 9.17) is 4.74 Å². The van der Waals surface area contributed by atoms with Gasteiger partial charge in [0.1, 0.15) is 6.10 Å². The molecule has 2 N–H and O–H groups in total. The van der Waals surface area contributed by atoms with E-state index in [0.717, 1.165) is 4.90 Å². The molecule has 0 unspecified atom stereocenters. The maximum Gasteiger partial charge on any atom is 0.330 e. The van der Waals surface area contributed by atoms with Gasteiger partial charge in [-0.05, 0) is 25.1 Å². The van der Waals surface area contributed by atoms with Gasteiger partial charge in [-0.25, -0.2) is 4.79 Å². The smallest absolute Gasteiger partial charge is 0.330 e. The summed E-state index contributed by atoms with van der Waals surface area (Å²) in [5.74, 6) is 0. The fourth-order valence-corrected chi connectivity index (χ4v) is 4.63. The van der Waals surface area contributed by atoms with E-state index in [1.165, 1.54) is 44.5 Å². The minimum atomic E-state index is -0.745. The highest BCUT2D eigenvalue weighted by molar-refractivity contribution is 8.78. The molecular formula is C16H15N3O6S2. The van der Waals surface area contributed by atoms with Gasteiger partial charge in [0.05, 0.1) is 11.5 Å². The molecule has 0 saturated carbocycles. The van der Waals surface area contributed by atoms with Crippen LogP contribution in [0.4, 0.5) is 5.69 Å². The number of nitro groups is 1. The minimum Gasteiger partial charge on any atom is -0.393 e. The van der Waals surface area contributed by atoms with Gasteiger partial charge >= 0.3 is 5.69 Å². The standard InChI is InChI=1S/C16H15N3O6S2/c1-9-7-18(16(22)17-15(9)21)14-6-13(12(8-20)25-14)27-26-11-4-2-10(3-5-11)19(23)24/h2-7,12,14,20H,8H2,1H3,(H,17,21,22)/t12-,14-/m1/s1. The van der Waals surface area contributed by atoms with Crippen LogP contribution in [0.25, 0.3) is 0 Å². The first-order valence-corrected chi connectivity index (χ1v) is 9.93. The highest BCUT2D eigenvalue weighted by Crippen LogP contribution is 2.43. The molecule has 1 aliphatic rings.